The molecule has 5 nitrogen and oxygen atoms in total. The zero-order chi connectivity index (χ0) is 64.7. The molecule has 0 aliphatic carbocycles. The van der Waals surface area contributed by atoms with Crippen molar-refractivity contribution >= 4 is 68.8 Å². The molecule has 11 aromatic rings. The number of fused-ring (bicyclic) bond motifs is 10. The molecule has 0 N–H and O–H groups in total. The van der Waals surface area contributed by atoms with Gasteiger partial charge in [0.05, 0.1) is 6.85 Å². The summed E-state index contributed by atoms with van der Waals surface area (Å²) in [5.41, 5.74) is 18.9. The summed E-state index contributed by atoms with van der Waals surface area (Å²) in [5.74, 6) is 1.77. The molecule has 7 heteroatoms. The number of hydrogen-bond acceptors (Lipinski definition) is 5. The van der Waals surface area contributed by atoms with Crippen molar-refractivity contribution in [2.45, 2.75) is 99.3 Å². The van der Waals surface area contributed by atoms with Crippen molar-refractivity contribution < 1.29 is 32.7 Å². The van der Waals surface area contributed by atoms with E-state index >= 15 is 0 Å². The summed E-state index contributed by atoms with van der Waals surface area (Å²) in [7, 11) is -3.05. The first-order valence-corrected chi connectivity index (χ1v) is 32.2. The first-order chi connectivity index (χ1) is 43.8. The van der Waals surface area contributed by atoms with E-state index in [-0.39, 0.29) is 55.0 Å². The van der Waals surface area contributed by atoms with Gasteiger partial charge in [0.2, 0.25) is 0 Å². The molecule has 88 heavy (non-hydrogen) atoms. The van der Waals surface area contributed by atoms with Gasteiger partial charge >= 0.3 is 0 Å². The van der Waals surface area contributed by atoms with E-state index in [9.17, 15) is 2.74 Å². The van der Waals surface area contributed by atoms with Gasteiger partial charge in [0.15, 0.2) is 0 Å². The second-order valence-electron chi connectivity index (χ2n) is 26.8. The van der Waals surface area contributed by atoms with Crippen molar-refractivity contribution in [1.29, 1.82) is 0 Å². The van der Waals surface area contributed by atoms with Gasteiger partial charge in [-0.15, -0.1) is 47.9 Å². The first kappa shape index (κ1) is 52.6. The number of rotatable bonds is 8. The van der Waals surface area contributed by atoms with E-state index in [0.717, 1.165) is 67.5 Å². The zero-order valence-corrected chi connectivity index (χ0v) is 55.3. The van der Waals surface area contributed by atoms with Crippen LogP contribution in [0.1, 0.15) is 103 Å². The van der Waals surface area contributed by atoms with Crippen LogP contribution in [-0.4, -0.2) is 13.1 Å². The first-order valence-electron chi connectivity index (χ1n) is 32.7. The average Bonchev–Trinajstić information content (AvgIpc) is 1.58. The molecule has 0 amide bonds. The molecule has 0 radical (unpaired) electrons. The molecule has 0 saturated heterocycles. The minimum atomic E-state index is -3.05. The Hall–Kier alpha value is -8.54. The zero-order valence-electron chi connectivity index (χ0n) is 57.0. The van der Waals surface area contributed by atoms with Crippen molar-refractivity contribution in [3.05, 3.63) is 271 Å². The maximum absolute atomic E-state index is 9.36. The Balaban J connectivity index is 0.00000787. The van der Waals surface area contributed by atoms with E-state index in [1.54, 1.807) is 0 Å². The topological polar surface area (TPSA) is 31.8 Å². The van der Waals surface area contributed by atoms with Gasteiger partial charge in [-0.25, -0.2) is 4.98 Å². The predicted molar refractivity (Wildman–Crippen MR) is 367 cm³/mol. The molecule has 14 rings (SSSR count). The largest absolute Gasteiger partial charge is 0.509 e. The Labute approximate surface area is 543 Å². The smallest absolute Gasteiger partial charge is 0.135 e. The van der Waals surface area contributed by atoms with Gasteiger partial charge in [0.1, 0.15) is 13.9 Å². The molecule has 10 aromatic carbocycles. The maximum atomic E-state index is 9.36. The molecule has 4 heterocycles. The Morgan fingerprint density at radius 1 is 0.466 bits per heavy atom. The third-order valence-corrected chi connectivity index (χ3v) is 22.7. The number of nitrogens with zero attached hydrogens (tertiary/aromatic N) is 4. The molecule has 0 fully saturated rings. The third-order valence-electron chi connectivity index (χ3n) is 17.8. The molecule has 1 spiro atoms. The number of hydrogen-bond donors (Lipinski definition) is 0. The van der Waals surface area contributed by atoms with Crippen LogP contribution in [0.5, 0.6) is 11.5 Å². The molecular weight excluding hydrogens is 1270 g/mol. The van der Waals surface area contributed by atoms with E-state index in [2.05, 4.69) is 249 Å². The average molecular weight is 1350 g/mol. The minimum Gasteiger partial charge on any atom is -0.509 e. The molecule has 0 atom stereocenters. The number of pyridine rings is 1. The van der Waals surface area contributed by atoms with Crippen LogP contribution in [0.15, 0.2) is 218 Å². The fourth-order valence-electron chi connectivity index (χ4n) is 13.3. The van der Waals surface area contributed by atoms with E-state index in [1.165, 1.54) is 48.6 Å². The van der Waals surface area contributed by atoms with Crippen molar-refractivity contribution in [3.8, 4) is 56.0 Å². The van der Waals surface area contributed by atoms with Crippen LogP contribution in [0.3, 0.4) is 0 Å². The van der Waals surface area contributed by atoms with Gasteiger partial charge < -0.3 is 19.4 Å². The van der Waals surface area contributed by atoms with E-state index in [0.29, 0.717) is 28.4 Å². The molecular formula is C81H73N4OPtSi-3. The van der Waals surface area contributed by atoms with Gasteiger partial charge in [-0.1, -0.05) is 237 Å². The van der Waals surface area contributed by atoms with Crippen LogP contribution in [-0.2, 0) is 37.3 Å². The summed E-state index contributed by atoms with van der Waals surface area (Å²) < 4.78 is 52.1. The molecule has 440 valence electrons. The number of aryl methyl sites for hydroxylation is 3. The van der Waals surface area contributed by atoms with Crippen LogP contribution in [0.25, 0.3) is 44.5 Å². The SMILES string of the molecule is [2H]c1c([2H])c([2H])c(-c2cccc(-c3cc(C(C)(C)C)cc(C(C)(C)C)c3)c2N2[CH-]N(c3[c-]c(Oc4[c-]c5c(cc4)[Si]4(c6ccc(C)cc6-c6cc(C)ccc64)c4ccccc4N5c4cc(C)c(-c5ccc(C(C)(C)C)cc5)cn4)ccc3)c3ccccc32)c([2H])c1[2H].[Pt]. The fraction of sp³-hybridized carbons (Fsp3) is 0.185. The van der Waals surface area contributed by atoms with E-state index in [4.69, 9.17) is 13.8 Å². The summed E-state index contributed by atoms with van der Waals surface area (Å²) in [6.07, 6.45) is 2.02. The molecule has 0 saturated carbocycles. The Morgan fingerprint density at radius 2 is 1.03 bits per heavy atom. The van der Waals surface area contributed by atoms with E-state index in [1.807, 2.05) is 55.3 Å². The monoisotopic (exact) mass is 1350 g/mol. The summed E-state index contributed by atoms with van der Waals surface area (Å²) in [5, 5.41) is 5.19. The minimum absolute atomic E-state index is 0. The van der Waals surface area contributed by atoms with Crippen molar-refractivity contribution in [1.82, 2.24) is 4.98 Å². The van der Waals surface area contributed by atoms with Crippen molar-refractivity contribution in [2.24, 2.45) is 0 Å². The summed E-state index contributed by atoms with van der Waals surface area (Å²) >= 11 is 0. The molecule has 3 aliphatic rings. The quantitative estimate of drug-likeness (QED) is 0.112. The van der Waals surface area contributed by atoms with Crippen molar-refractivity contribution in [3.63, 3.8) is 0 Å². The standard InChI is InChI=1S/C81H73N4OSi.Pt/c1-52-32-39-73-66(42-52)67-43-53(2)33-40-74(67)87(73)75-31-19-18-30-71(75)85(77-44-54(3)68(50-82-77)56-34-36-58(37-35-56)79(4,5)6)72-49-63(38-41-76(72)87)86-62-25-20-24-61(48-62)83-51-84(70-29-17-16-28-69(70)83)78-64(55-22-14-13-15-23-55)26-21-27-65(78)57-45-59(80(7,8)9)47-60(46-57)81(10,11)12;/h13-47,50-51H,1-12H3;/q-3;/i13D,14D,15D,22D,23D;. The summed E-state index contributed by atoms with van der Waals surface area (Å²) in [6.45, 7) is 28.6. The Morgan fingerprint density at radius 3 is 1.66 bits per heavy atom. The second-order valence-corrected chi connectivity index (χ2v) is 30.5. The van der Waals surface area contributed by atoms with Gasteiger partial charge in [-0.3, -0.25) is 0 Å². The van der Waals surface area contributed by atoms with Crippen LogP contribution in [0.2, 0.25) is 0 Å². The summed E-state index contributed by atoms with van der Waals surface area (Å²) in [6, 6.07) is 70.9. The Bertz CT molecular complexity index is 4740. The molecule has 1 aromatic heterocycles. The molecule has 3 aliphatic heterocycles. The second kappa shape index (κ2) is 21.9. The number of anilines is 7. The number of benzene rings is 10. The van der Waals surface area contributed by atoms with Gasteiger partial charge in [0, 0.05) is 78.2 Å². The Kier molecular flexibility index (Phi) is 13.1. The third kappa shape index (κ3) is 9.94. The molecule has 0 bridgehead atoms. The van der Waals surface area contributed by atoms with E-state index < -0.39 is 26.2 Å². The van der Waals surface area contributed by atoms with Crippen LogP contribution >= 0.6 is 0 Å². The predicted octanol–water partition coefficient (Wildman–Crippen LogP) is 18.8. The van der Waals surface area contributed by atoms with Gasteiger partial charge in [-0.2, -0.15) is 12.1 Å². The normalized spacial score (nSPS) is 14.6. The van der Waals surface area contributed by atoms with Crippen molar-refractivity contribution in [2.75, 3.05) is 14.7 Å². The van der Waals surface area contributed by atoms with Gasteiger partial charge in [0.25, 0.3) is 0 Å². The number of aromatic nitrogens is 1. The number of para-hydroxylation sites is 4. The fourth-order valence-corrected chi connectivity index (χ4v) is 18.7. The van der Waals surface area contributed by atoms with Crippen LogP contribution in [0, 0.1) is 39.6 Å². The summed E-state index contributed by atoms with van der Waals surface area (Å²) in [4.78, 5) is 11.8. The van der Waals surface area contributed by atoms with Crippen LogP contribution < -0.4 is 40.2 Å². The molecule has 0 unspecified atom stereocenters. The number of ether oxygens (including phenoxy) is 1. The van der Waals surface area contributed by atoms with Gasteiger partial charge in [-0.05, 0) is 127 Å². The maximum Gasteiger partial charge on any atom is 0.135 e. The van der Waals surface area contributed by atoms with Crippen LogP contribution in [0.4, 0.5) is 39.9 Å².